The normalized spacial score (nSPS) is 24.6. The predicted molar refractivity (Wildman–Crippen MR) is 171 cm³/mol. The van der Waals surface area contributed by atoms with Crippen LogP contribution in [-0.4, -0.2) is 86.2 Å². The number of hydrogen-bond acceptors (Lipinski definition) is 7. The van der Waals surface area contributed by atoms with Gasteiger partial charge in [0.1, 0.15) is 18.1 Å². The highest BCUT2D eigenvalue weighted by Gasteiger charge is 2.69. The summed E-state index contributed by atoms with van der Waals surface area (Å²) in [6.45, 7) is 13.7. The maximum absolute atomic E-state index is 14.4. The lowest BCUT2D eigenvalue weighted by Gasteiger charge is -2.37. The van der Waals surface area contributed by atoms with Gasteiger partial charge >= 0.3 is 0 Å². The predicted octanol–water partition coefficient (Wildman–Crippen LogP) is 1.65. The summed E-state index contributed by atoms with van der Waals surface area (Å²) in [6.07, 6.45) is 7.79. The summed E-state index contributed by atoms with van der Waals surface area (Å²) in [7, 11) is -3.70. The Hall–Kier alpha value is -2.80. The molecule has 45 heavy (non-hydrogen) atoms. The van der Waals surface area contributed by atoms with Crippen molar-refractivity contribution in [2.75, 3.05) is 19.3 Å². The number of hydrogen-bond donors (Lipinski definition) is 4. The molecule has 3 rings (SSSR count). The molecule has 254 valence electrons. The molecule has 4 N–H and O–H groups in total. The Bertz CT molecular complexity index is 1240. The van der Waals surface area contributed by atoms with Crippen molar-refractivity contribution in [2.45, 2.75) is 110 Å². The van der Waals surface area contributed by atoms with Gasteiger partial charge in [0.05, 0.1) is 12.3 Å². The number of rotatable bonds is 16. The molecule has 0 bridgehead atoms. The molecule has 2 aliphatic carbocycles. The second-order valence-electron chi connectivity index (χ2n) is 14.1. The molecule has 1 unspecified atom stereocenters. The Kier molecular flexibility index (Phi) is 12.4. The number of nitrogens with zero attached hydrogens (tertiary/aromatic N) is 1. The van der Waals surface area contributed by atoms with Crippen LogP contribution in [0.15, 0.2) is 12.7 Å². The molecule has 6 atom stereocenters. The first-order chi connectivity index (χ1) is 21.0. The molecule has 3 aliphatic rings. The minimum absolute atomic E-state index is 0.0115. The second kappa shape index (κ2) is 15.2. The number of ketones is 1. The third-order valence-corrected chi connectivity index (χ3v) is 10.4. The molecule has 1 heterocycles. The van der Waals surface area contributed by atoms with Crippen LogP contribution in [0.1, 0.15) is 86.0 Å². The van der Waals surface area contributed by atoms with Crippen LogP contribution >= 0.6 is 0 Å². The Morgan fingerprint density at radius 3 is 2.22 bits per heavy atom. The van der Waals surface area contributed by atoms with Crippen molar-refractivity contribution in [1.29, 1.82) is 0 Å². The van der Waals surface area contributed by atoms with Gasteiger partial charge in [-0.2, -0.15) is 0 Å². The molecule has 3 fully saturated rings. The number of fused-ring (bicyclic) bond motifs is 1. The van der Waals surface area contributed by atoms with Crippen LogP contribution < -0.4 is 20.7 Å². The lowest BCUT2D eigenvalue weighted by atomic mass is 9.82. The molecule has 0 aromatic rings. The fraction of sp³-hybridized carbons (Fsp3) is 0.781. The number of piperidine rings is 1. The molecule has 0 spiro atoms. The molecule has 0 aromatic carbocycles. The number of amides is 4. The maximum atomic E-state index is 14.4. The molecule has 1 aliphatic heterocycles. The van der Waals surface area contributed by atoms with Gasteiger partial charge in [-0.15, -0.1) is 6.58 Å². The number of nitrogens with one attached hydrogen (secondary N) is 4. The summed E-state index contributed by atoms with van der Waals surface area (Å²) >= 11 is 0. The zero-order chi connectivity index (χ0) is 33.7. The number of carbonyl (C=O) groups excluding carboxylic acids is 5. The van der Waals surface area contributed by atoms with E-state index in [2.05, 4.69) is 41.1 Å². The van der Waals surface area contributed by atoms with Gasteiger partial charge < -0.3 is 20.9 Å². The Morgan fingerprint density at radius 1 is 1.02 bits per heavy atom. The van der Waals surface area contributed by atoms with Crippen LogP contribution in [0.4, 0.5) is 0 Å². The average Bonchev–Trinajstić information content (AvgIpc) is 3.28. The van der Waals surface area contributed by atoms with Crippen molar-refractivity contribution in [2.24, 2.45) is 29.1 Å². The lowest BCUT2D eigenvalue weighted by molar-refractivity contribution is -0.146. The van der Waals surface area contributed by atoms with Gasteiger partial charge in [0.15, 0.2) is 0 Å². The van der Waals surface area contributed by atoms with Crippen LogP contribution in [-0.2, 0) is 34.0 Å². The summed E-state index contributed by atoms with van der Waals surface area (Å²) in [5.74, 6) is -3.22. The van der Waals surface area contributed by atoms with Crippen LogP contribution in [0, 0.1) is 29.1 Å². The van der Waals surface area contributed by atoms with Crippen LogP contribution in [0.25, 0.3) is 0 Å². The van der Waals surface area contributed by atoms with Gasteiger partial charge in [-0.3, -0.25) is 24.0 Å². The van der Waals surface area contributed by atoms with Crippen LogP contribution in [0.5, 0.6) is 0 Å². The highest BCUT2D eigenvalue weighted by Crippen LogP contribution is 2.65. The SMILES string of the molecule is C=CCNC(=O)C(=O)C(CCC)NC(=O)[C@@H]1[C@@H]2[C@H](CN1C(=O)[C@@H](NC(=O)[C@H](CC(C)C)NS(C)(=O)=O)C1CCCCC1)C2(C)C. The van der Waals surface area contributed by atoms with E-state index in [4.69, 9.17) is 0 Å². The molecule has 4 amide bonds. The number of likely N-dealkylation sites (tertiary alicyclic amines) is 1. The maximum Gasteiger partial charge on any atom is 0.289 e. The third kappa shape index (κ3) is 9.15. The fourth-order valence-electron chi connectivity index (χ4n) is 7.26. The first kappa shape index (κ1) is 36.7. The van der Waals surface area contributed by atoms with E-state index in [1.807, 2.05) is 20.8 Å². The highest BCUT2D eigenvalue weighted by molar-refractivity contribution is 7.88. The van der Waals surface area contributed by atoms with Gasteiger partial charge in [0, 0.05) is 13.1 Å². The van der Waals surface area contributed by atoms with Gasteiger partial charge in [0.2, 0.25) is 33.5 Å². The van der Waals surface area contributed by atoms with Crippen molar-refractivity contribution in [1.82, 2.24) is 25.6 Å². The van der Waals surface area contributed by atoms with Gasteiger partial charge in [-0.25, -0.2) is 13.1 Å². The molecule has 0 radical (unpaired) electrons. The zero-order valence-electron chi connectivity index (χ0n) is 27.7. The summed E-state index contributed by atoms with van der Waals surface area (Å²) in [4.78, 5) is 68.9. The van der Waals surface area contributed by atoms with E-state index >= 15 is 0 Å². The summed E-state index contributed by atoms with van der Waals surface area (Å²) in [6, 6.07) is -3.89. The third-order valence-electron chi connectivity index (χ3n) is 9.67. The van der Waals surface area contributed by atoms with E-state index in [9.17, 15) is 32.4 Å². The van der Waals surface area contributed by atoms with Crippen molar-refractivity contribution in [3.05, 3.63) is 12.7 Å². The van der Waals surface area contributed by atoms with Crippen molar-refractivity contribution < 1.29 is 32.4 Å². The zero-order valence-corrected chi connectivity index (χ0v) is 28.5. The van der Waals surface area contributed by atoms with E-state index in [0.717, 1.165) is 38.4 Å². The molecular weight excluding hydrogens is 598 g/mol. The molecular formula is C32H53N5O7S. The topological polar surface area (TPSA) is 171 Å². The molecule has 13 heteroatoms. The Morgan fingerprint density at radius 2 is 1.67 bits per heavy atom. The highest BCUT2D eigenvalue weighted by atomic mass is 32.2. The van der Waals surface area contributed by atoms with Gasteiger partial charge in [-0.1, -0.05) is 66.4 Å². The lowest BCUT2D eigenvalue weighted by Crippen LogP contribution is -2.61. The van der Waals surface area contributed by atoms with E-state index < -0.39 is 57.7 Å². The number of sulfonamides is 1. The molecule has 12 nitrogen and oxygen atoms in total. The molecule has 1 saturated heterocycles. The summed E-state index contributed by atoms with van der Waals surface area (Å²) < 4.78 is 26.6. The van der Waals surface area contributed by atoms with E-state index in [-0.39, 0.29) is 54.4 Å². The number of carbonyl (C=O) groups is 5. The fourth-order valence-corrected chi connectivity index (χ4v) is 7.98. The minimum atomic E-state index is -3.70. The quantitative estimate of drug-likeness (QED) is 0.145. The standard InChI is InChI=1S/C32H53N5O7S/c1-8-13-22(27(38)30(41)33-16-9-2)34-29(40)26-24-21(32(24,5)6)18-37(26)31(42)25(20-14-11-10-12-15-20)35-28(39)23(17-19(3)4)36-45(7,43)44/h9,19-26,36H,2,8,10-18H2,1,3-7H3,(H,33,41)(H,34,40)(H,35,39)/t21-,22?,23-,24-,25-,26-/m0/s1. The Balaban J connectivity index is 1.89. The number of Topliss-reactive ketones (excluding diaryl/α,β-unsaturated/α-hetero) is 1. The van der Waals surface area contributed by atoms with Crippen LogP contribution in [0.2, 0.25) is 0 Å². The first-order valence-corrected chi connectivity index (χ1v) is 18.2. The summed E-state index contributed by atoms with van der Waals surface area (Å²) in [5.41, 5.74) is -0.199. The largest absolute Gasteiger partial charge is 0.346 e. The smallest absolute Gasteiger partial charge is 0.289 e. The van der Waals surface area contributed by atoms with Crippen molar-refractivity contribution in [3.63, 3.8) is 0 Å². The second-order valence-corrected chi connectivity index (χ2v) is 15.8. The van der Waals surface area contributed by atoms with E-state index in [1.165, 1.54) is 6.08 Å². The van der Waals surface area contributed by atoms with Crippen molar-refractivity contribution >= 4 is 39.4 Å². The summed E-state index contributed by atoms with van der Waals surface area (Å²) in [5, 5.41) is 8.17. The molecule has 2 saturated carbocycles. The Labute approximate surface area is 268 Å². The first-order valence-electron chi connectivity index (χ1n) is 16.3. The average molecular weight is 652 g/mol. The van der Waals surface area contributed by atoms with Gasteiger partial charge in [0.25, 0.3) is 5.91 Å². The van der Waals surface area contributed by atoms with Gasteiger partial charge in [-0.05, 0) is 54.8 Å². The minimum Gasteiger partial charge on any atom is -0.346 e. The van der Waals surface area contributed by atoms with Crippen LogP contribution in [0.3, 0.4) is 0 Å². The van der Waals surface area contributed by atoms with Crippen molar-refractivity contribution in [3.8, 4) is 0 Å². The molecule has 0 aromatic heterocycles. The van der Waals surface area contributed by atoms with E-state index in [1.54, 1.807) is 4.90 Å². The van der Waals surface area contributed by atoms with E-state index in [0.29, 0.717) is 13.0 Å². The monoisotopic (exact) mass is 651 g/mol.